The summed E-state index contributed by atoms with van der Waals surface area (Å²) in [5, 5.41) is 5.74. The van der Waals surface area contributed by atoms with Gasteiger partial charge in [0.15, 0.2) is 0 Å². The van der Waals surface area contributed by atoms with Crippen LogP contribution in [0.15, 0.2) is 96.0 Å². The van der Waals surface area contributed by atoms with Crippen LogP contribution in [0.1, 0.15) is 0 Å². The maximum absolute atomic E-state index is 4.79. The van der Waals surface area contributed by atoms with Crippen LogP contribution in [0.2, 0.25) is 0 Å². The predicted octanol–water partition coefficient (Wildman–Crippen LogP) is 4.83. The van der Waals surface area contributed by atoms with Crippen LogP contribution in [0.4, 0.5) is 5.69 Å². The van der Waals surface area contributed by atoms with E-state index in [-0.39, 0.29) is 0 Å². The summed E-state index contributed by atoms with van der Waals surface area (Å²) in [6.07, 6.45) is 0. The van der Waals surface area contributed by atoms with Crippen molar-refractivity contribution in [1.29, 1.82) is 0 Å². The Morgan fingerprint density at radius 2 is 1.29 bits per heavy atom. The second-order valence-corrected chi connectivity index (χ2v) is 6.21. The summed E-state index contributed by atoms with van der Waals surface area (Å²) in [7, 11) is 0. The van der Waals surface area contributed by atoms with Crippen molar-refractivity contribution in [2.24, 2.45) is 4.99 Å². The monoisotopic (exact) mass is 329 g/mol. The molecule has 4 rings (SSSR count). The normalized spacial score (nSPS) is 11.6. The Morgan fingerprint density at radius 1 is 0.708 bits per heavy atom. The van der Waals surface area contributed by atoms with Crippen molar-refractivity contribution in [3.8, 4) is 16.3 Å². The van der Waals surface area contributed by atoms with Gasteiger partial charge in [0.2, 0.25) is 4.80 Å². The molecule has 0 N–H and O–H groups in total. The number of rotatable bonds is 3. The Hall–Kier alpha value is -2.98. The molecule has 0 bridgehead atoms. The Labute approximate surface area is 144 Å². The summed E-state index contributed by atoms with van der Waals surface area (Å²) in [5.41, 5.74) is 3.03. The van der Waals surface area contributed by atoms with E-state index in [2.05, 4.69) is 12.1 Å². The van der Waals surface area contributed by atoms with Crippen LogP contribution in [0.25, 0.3) is 16.3 Å². The van der Waals surface area contributed by atoms with Crippen molar-refractivity contribution in [3.05, 3.63) is 95.8 Å². The predicted molar refractivity (Wildman–Crippen MR) is 98.5 cm³/mol. The second-order valence-electron chi connectivity index (χ2n) is 5.25. The van der Waals surface area contributed by atoms with Gasteiger partial charge in [-0.2, -0.15) is 5.10 Å². The zero-order valence-electron chi connectivity index (χ0n) is 12.9. The Morgan fingerprint density at radius 3 is 1.96 bits per heavy atom. The average Bonchev–Trinajstić information content (AvgIpc) is 3.08. The summed E-state index contributed by atoms with van der Waals surface area (Å²) in [6.45, 7) is 0. The molecule has 24 heavy (non-hydrogen) atoms. The molecule has 0 aliphatic carbocycles. The van der Waals surface area contributed by atoms with E-state index >= 15 is 0 Å². The van der Waals surface area contributed by atoms with Crippen LogP contribution in [-0.4, -0.2) is 9.78 Å². The van der Waals surface area contributed by atoms with Gasteiger partial charge in [-0.25, -0.2) is 9.67 Å². The molecule has 1 aromatic heterocycles. The van der Waals surface area contributed by atoms with Gasteiger partial charge < -0.3 is 0 Å². The van der Waals surface area contributed by atoms with E-state index in [0.29, 0.717) is 0 Å². The Kier molecular flexibility index (Phi) is 4.04. The highest BCUT2D eigenvalue weighted by molar-refractivity contribution is 7.12. The van der Waals surface area contributed by atoms with E-state index in [0.717, 1.165) is 26.7 Å². The van der Waals surface area contributed by atoms with Crippen molar-refractivity contribution in [3.63, 3.8) is 0 Å². The number of benzene rings is 3. The third-order valence-electron chi connectivity index (χ3n) is 3.56. The van der Waals surface area contributed by atoms with Crippen molar-refractivity contribution in [2.45, 2.75) is 0 Å². The minimum Gasteiger partial charge on any atom is -0.220 e. The van der Waals surface area contributed by atoms with Gasteiger partial charge in [0, 0.05) is 5.56 Å². The Bertz CT molecular complexity index is 987. The van der Waals surface area contributed by atoms with Gasteiger partial charge in [-0.3, -0.25) is 0 Å². The van der Waals surface area contributed by atoms with Gasteiger partial charge in [0.1, 0.15) is 5.01 Å². The van der Waals surface area contributed by atoms with E-state index < -0.39 is 0 Å². The number of para-hydroxylation sites is 2. The van der Waals surface area contributed by atoms with Gasteiger partial charge in [0.05, 0.1) is 11.4 Å². The van der Waals surface area contributed by atoms with Crippen LogP contribution >= 0.6 is 11.3 Å². The maximum Gasteiger partial charge on any atom is 0.213 e. The lowest BCUT2D eigenvalue weighted by atomic mass is 10.2. The van der Waals surface area contributed by atoms with Gasteiger partial charge in [-0.1, -0.05) is 78.1 Å². The highest BCUT2D eigenvalue weighted by Crippen LogP contribution is 2.21. The largest absolute Gasteiger partial charge is 0.220 e. The Balaban J connectivity index is 1.91. The lowest BCUT2D eigenvalue weighted by Gasteiger charge is -2.00. The summed E-state index contributed by atoms with van der Waals surface area (Å²) < 4.78 is 1.90. The van der Waals surface area contributed by atoms with E-state index in [4.69, 9.17) is 10.1 Å². The van der Waals surface area contributed by atoms with Crippen molar-refractivity contribution < 1.29 is 0 Å². The lowest BCUT2D eigenvalue weighted by molar-refractivity contribution is 0.838. The first-order valence-electron chi connectivity index (χ1n) is 7.71. The van der Waals surface area contributed by atoms with Crippen LogP contribution in [-0.2, 0) is 0 Å². The molecule has 4 heteroatoms. The molecular formula is C20H15N3S. The van der Waals surface area contributed by atoms with Crippen molar-refractivity contribution in [2.75, 3.05) is 0 Å². The quantitative estimate of drug-likeness (QED) is 0.529. The number of nitrogens with zero attached hydrogens (tertiary/aromatic N) is 3. The van der Waals surface area contributed by atoms with Gasteiger partial charge in [-0.15, -0.1) is 0 Å². The summed E-state index contributed by atoms with van der Waals surface area (Å²) >= 11 is 1.59. The molecular weight excluding hydrogens is 314 g/mol. The summed E-state index contributed by atoms with van der Waals surface area (Å²) in [4.78, 5) is 5.64. The van der Waals surface area contributed by atoms with Crippen molar-refractivity contribution >= 4 is 17.0 Å². The first-order valence-corrected chi connectivity index (χ1v) is 8.52. The molecule has 3 aromatic carbocycles. The minimum absolute atomic E-state index is 0.853. The molecule has 0 saturated carbocycles. The summed E-state index contributed by atoms with van der Waals surface area (Å²) in [6, 6.07) is 30.3. The highest BCUT2D eigenvalue weighted by Gasteiger charge is 2.08. The molecule has 0 aliphatic heterocycles. The molecule has 0 saturated heterocycles. The molecule has 0 atom stereocenters. The van der Waals surface area contributed by atoms with Gasteiger partial charge in [-0.05, 0) is 24.3 Å². The minimum atomic E-state index is 0.853. The molecule has 0 unspecified atom stereocenters. The number of hydrogen-bond donors (Lipinski definition) is 0. The summed E-state index contributed by atoms with van der Waals surface area (Å²) in [5.74, 6) is 0. The first kappa shape index (κ1) is 14.6. The molecule has 116 valence electrons. The number of hydrogen-bond acceptors (Lipinski definition) is 3. The van der Waals surface area contributed by atoms with Crippen LogP contribution in [0, 0.1) is 0 Å². The lowest BCUT2D eigenvalue weighted by Crippen LogP contribution is -2.13. The van der Waals surface area contributed by atoms with E-state index in [1.165, 1.54) is 0 Å². The molecule has 0 spiro atoms. The fourth-order valence-corrected chi connectivity index (χ4v) is 3.33. The molecule has 4 aromatic rings. The van der Waals surface area contributed by atoms with Crippen LogP contribution in [0.3, 0.4) is 0 Å². The second kappa shape index (κ2) is 6.64. The van der Waals surface area contributed by atoms with Crippen molar-refractivity contribution in [1.82, 2.24) is 9.78 Å². The average molecular weight is 329 g/mol. The molecule has 0 amide bonds. The topological polar surface area (TPSA) is 30.2 Å². The van der Waals surface area contributed by atoms with E-state index in [1.807, 2.05) is 83.5 Å². The van der Waals surface area contributed by atoms with Gasteiger partial charge >= 0.3 is 0 Å². The van der Waals surface area contributed by atoms with Crippen LogP contribution in [0.5, 0.6) is 0 Å². The molecule has 3 nitrogen and oxygen atoms in total. The number of aromatic nitrogens is 2. The zero-order valence-corrected chi connectivity index (χ0v) is 13.7. The third kappa shape index (κ3) is 3.05. The standard InChI is InChI=1S/C20H15N3S/c1-4-10-16(11-5-1)19-22-23(18-14-8-3-9-15-18)20(24-19)21-17-12-6-2-7-13-17/h1-15H. The zero-order chi connectivity index (χ0) is 16.2. The molecule has 0 radical (unpaired) electrons. The van der Waals surface area contributed by atoms with Gasteiger partial charge in [0.25, 0.3) is 0 Å². The van der Waals surface area contributed by atoms with Crippen LogP contribution < -0.4 is 4.80 Å². The fraction of sp³-hybridized carbons (Fsp3) is 0. The van der Waals surface area contributed by atoms with E-state index in [1.54, 1.807) is 11.3 Å². The maximum atomic E-state index is 4.79. The molecule has 1 heterocycles. The molecule has 0 fully saturated rings. The van der Waals surface area contributed by atoms with E-state index in [9.17, 15) is 0 Å². The highest BCUT2D eigenvalue weighted by atomic mass is 32.1. The SMILES string of the molecule is c1ccc(N=c2sc(-c3ccccc3)nn2-c2ccccc2)cc1. The third-order valence-corrected chi connectivity index (χ3v) is 4.52. The fourth-order valence-electron chi connectivity index (χ4n) is 2.40. The molecule has 0 aliphatic rings. The first-order chi connectivity index (χ1) is 11.9. The smallest absolute Gasteiger partial charge is 0.213 e.